The van der Waals surface area contributed by atoms with Crippen LogP contribution in [-0.2, 0) is 0 Å². The van der Waals surface area contributed by atoms with Gasteiger partial charge in [-0.05, 0) is 48.9 Å². The van der Waals surface area contributed by atoms with Crippen molar-refractivity contribution in [2.24, 2.45) is 0 Å². The number of fused-ring (bicyclic) bond motifs is 2. The molecule has 0 bridgehead atoms. The number of hydrogen-bond donors (Lipinski definition) is 1. The fourth-order valence-electron chi connectivity index (χ4n) is 3.35. The first-order chi connectivity index (χ1) is 14.6. The molecule has 2 aromatic heterocycles. The van der Waals surface area contributed by atoms with Gasteiger partial charge in [0.05, 0.1) is 28.1 Å². The predicted octanol–water partition coefficient (Wildman–Crippen LogP) is 5.78. The largest absolute Gasteiger partial charge is 0.298 e. The average molecular weight is 411 g/mol. The van der Waals surface area contributed by atoms with Crippen LogP contribution in [0.2, 0.25) is 0 Å². The fraction of sp³-hybridized carbons (Fsp3) is 0.0833. The summed E-state index contributed by atoms with van der Waals surface area (Å²) in [5.74, 6) is -0.212. The van der Waals surface area contributed by atoms with Crippen molar-refractivity contribution < 1.29 is 4.79 Å². The first-order valence-electron chi connectivity index (χ1n) is 9.58. The first-order valence-corrected chi connectivity index (χ1v) is 10.5. The van der Waals surface area contributed by atoms with Crippen LogP contribution in [0.4, 0.5) is 5.13 Å². The Bertz CT molecular complexity index is 1420. The number of hydrogen-bond acceptors (Lipinski definition) is 5. The molecule has 0 saturated heterocycles. The van der Waals surface area contributed by atoms with E-state index < -0.39 is 0 Å². The molecular weight excluding hydrogens is 392 g/mol. The Morgan fingerprint density at radius 3 is 2.43 bits per heavy atom. The average Bonchev–Trinajstić information content (AvgIpc) is 3.22. The number of nitrogens with zero attached hydrogens (tertiary/aromatic N) is 3. The molecule has 3 aromatic carbocycles. The molecule has 5 nitrogen and oxygen atoms in total. The van der Waals surface area contributed by atoms with Gasteiger partial charge in [-0.2, -0.15) is 0 Å². The maximum atomic E-state index is 12.7. The Morgan fingerprint density at radius 2 is 1.60 bits per heavy atom. The summed E-state index contributed by atoms with van der Waals surface area (Å²) in [5.41, 5.74) is 5.64. The van der Waals surface area contributed by atoms with Gasteiger partial charge in [-0.1, -0.05) is 36.4 Å². The first kappa shape index (κ1) is 18.4. The van der Waals surface area contributed by atoms with Crippen molar-refractivity contribution in [2.75, 3.05) is 5.32 Å². The van der Waals surface area contributed by atoms with Gasteiger partial charge < -0.3 is 0 Å². The highest BCUT2D eigenvalue weighted by atomic mass is 32.1. The number of anilines is 1. The molecule has 0 atom stereocenters. The van der Waals surface area contributed by atoms with E-state index in [9.17, 15) is 4.79 Å². The van der Waals surface area contributed by atoms with Gasteiger partial charge in [-0.3, -0.25) is 10.1 Å². The lowest BCUT2D eigenvalue weighted by Crippen LogP contribution is -2.11. The van der Waals surface area contributed by atoms with Gasteiger partial charge in [0.1, 0.15) is 0 Å². The minimum Gasteiger partial charge on any atom is -0.298 e. The van der Waals surface area contributed by atoms with E-state index in [0.717, 1.165) is 33.5 Å². The van der Waals surface area contributed by atoms with E-state index in [1.807, 2.05) is 37.4 Å². The summed E-state index contributed by atoms with van der Waals surface area (Å²) in [7, 11) is 0. The summed E-state index contributed by atoms with van der Waals surface area (Å²) in [6.07, 6.45) is 0. The maximum Gasteiger partial charge on any atom is 0.257 e. The molecule has 0 aliphatic carbocycles. The Kier molecular flexibility index (Phi) is 4.48. The van der Waals surface area contributed by atoms with Crippen molar-refractivity contribution >= 4 is 44.2 Å². The summed E-state index contributed by atoms with van der Waals surface area (Å²) >= 11 is 1.41. The summed E-state index contributed by atoms with van der Waals surface area (Å²) in [6.45, 7) is 3.84. The zero-order chi connectivity index (χ0) is 20.7. The van der Waals surface area contributed by atoms with E-state index in [1.54, 1.807) is 12.1 Å². The lowest BCUT2D eigenvalue weighted by Gasteiger charge is -2.05. The minimum absolute atomic E-state index is 0.212. The van der Waals surface area contributed by atoms with Gasteiger partial charge in [-0.25, -0.2) is 15.0 Å². The van der Waals surface area contributed by atoms with Crippen LogP contribution in [-0.4, -0.2) is 20.9 Å². The summed E-state index contributed by atoms with van der Waals surface area (Å²) < 4.78 is 0. The summed E-state index contributed by atoms with van der Waals surface area (Å²) in [4.78, 5) is 26.4. The van der Waals surface area contributed by atoms with Gasteiger partial charge in [0, 0.05) is 16.5 Å². The molecule has 0 aliphatic rings. The standard InChI is InChI=1S/C24H18N4OS/c1-14-15(2)26-21-12-19(9-10-20(21)25-14)23(29)28-24-27-22(13-30-24)18-8-7-16-5-3-4-6-17(16)11-18/h3-13H,1-2H3,(H,27,28,29). The number of benzene rings is 3. The third kappa shape index (κ3) is 3.42. The van der Waals surface area contributed by atoms with Crippen molar-refractivity contribution in [1.29, 1.82) is 0 Å². The number of rotatable bonds is 3. The number of amides is 1. The molecule has 30 heavy (non-hydrogen) atoms. The van der Waals surface area contributed by atoms with Crippen molar-refractivity contribution in [3.63, 3.8) is 0 Å². The van der Waals surface area contributed by atoms with Crippen LogP contribution in [0.5, 0.6) is 0 Å². The number of thiazole rings is 1. The molecule has 0 spiro atoms. The van der Waals surface area contributed by atoms with Crippen LogP contribution in [0, 0.1) is 13.8 Å². The monoisotopic (exact) mass is 410 g/mol. The van der Waals surface area contributed by atoms with E-state index in [-0.39, 0.29) is 5.91 Å². The molecule has 0 unspecified atom stereocenters. The molecule has 0 radical (unpaired) electrons. The molecule has 0 saturated carbocycles. The highest BCUT2D eigenvalue weighted by molar-refractivity contribution is 7.14. The van der Waals surface area contributed by atoms with Crippen molar-refractivity contribution in [3.8, 4) is 11.3 Å². The highest BCUT2D eigenvalue weighted by Gasteiger charge is 2.12. The summed E-state index contributed by atoms with van der Waals surface area (Å²) in [5, 5.41) is 7.77. The van der Waals surface area contributed by atoms with Crippen LogP contribution >= 0.6 is 11.3 Å². The topological polar surface area (TPSA) is 67.8 Å². The van der Waals surface area contributed by atoms with E-state index in [0.29, 0.717) is 16.2 Å². The zero-order valence-corrected chi connectivity index (χ0v) is 17.3. The smallest absolute Gasteiger partial charge is 0.257 e. The molecule has 5 aromatic rings. The molecule has 0 aliphatic heterocycles. The van der Waals surface area contributed by atoms with Gasteiger partial charge in [-0.15, -0.1) is 11.3 Å². The Morgan fingerprint density at radius 1 is 0.833 bits per heavy atom. The van der Waals surface area contributed by atoms with Crippen LogP contribution in [0.3, 0.4) is 0 Å². The van der Waals surface area contributed by atoms with Crippen LogP contribution in [0.25, 0.3) is 33.1 Å². The molecular formula is C24H18N4OS. The van der Waals surface area contributed by atoms with Gasteiger partial charge in [0.25, 0.3) is 5.91 Å². The normalized spacial score (nSPS) is 11.1. The third-order valence-corrected chi connectivity index (χ3v) is 5.87. The molecule has 1 amide bonds. The quantitative estimate of drug-likeness (QED) is 0.410. The molecule has 146 valence electrons. The molecule has 2 heterocycles. The van der Waals surface area contributed by atoms with Gasteiger partial charge in [0.15, 0.2) is 5.13 Å². The number of nitrogens with one attached hydrogen (secondary N) is 1. The van der Waals surface area contributed by atoms with Gasteiger partial charge in [0.2, 0.25) is 0 Å². The number of carbonyl (C=O) groups is 1. The van der Waals surface area contributed by atoms with E-state index in [2.05, 4.69) is 50.6 Å². The van der Waals surface area contributed by atoms with Crippen molar-refractivity contribution in [2.45, 2.75) is 13.8 Å². The van der Waals surface area contributed by atoms with E-state index >= 15 is 0 Å². The number of carbonyl (C=O) groups excluding carboxylic acids is 1. The second-order valence-electron chi connectivity index (χ2n) is 7.15. The number of aromatic nitrogens is 3. The Labute approximate surface area is 177 Å². The number of aryl methyl sites for hydroxylation is 2. The highest BCUT2D eigenvalue weighted by Crippen LogP contribution is 2.28. The zero-order valence-electron chi connectivity index (χ0n) is 16.5. The van der Waals surface area contributed by atoms with Crippen molar-refractivity contribution in [3.05, 3.63) is 83.0 Å². The van der Waals surface area contributed by atoms with Gasteiger partial charge >= 0.3 is 0 Å². The summed E-state index contributed by atoms with van der Waals surface area (Å²) in [6, 6.07) is 19.8. The molecule has 5 rings (SSSR count). The molecule has 0 fully saturated rings. The molecule has 1 N–H and O–H groups in total. The fourth-order valence-corrected chi connectivity index (χ4v) is 4.07. The second-order valence-corrected chi connectivity index (χ2v) is 8.01. The van der Waals surface area contributed by atoms with Crippen LogP contribution in [0.15, 0.2) is 66.0 Å². The lowest BCUT2D eigenvalue weighted by molar-refractivity contribution is 0.102. The third-order valence-electron chi connectivity index (χ3n) is 5.11. The van der Waals surface area contributed by atoms with Crippen molar-refractivity contribution in [1.82, 2.24) is 15.0 Å². The molecule has 6 heteroatoms. The van der Waals surface area contributed by atoms with Crippen LogP contribution in [0.1, 0.15) is 21.7 Å². The van der Waals surface area contributed by atoms with E-state index in [4.69, 9.17) is 0 Å². The second kappa shape index (κ2) is 7.31. The van der Waals surface area contributed by atoms with Crippen LogP contribution < -0.4 is 5.32 Å². The maximum absolute atomic E-state index is 12.7. The predicted molar refractivity (Wildman–Crippen MR) is 122 cm³/mol. The Balaban J connectivity index is 1.39. The Hall–Kier alpha value is -3.64. The minimum atomic E-state index is -0.212. The SMILES string of the molecule is Cc1nc2ccc(C(=O)Nc3nc(-c4ccc5ccccc5c4)cs3)cc2nc1C. The lowest BCUT2D eigenvalue weighted by atomic mass is 10.1. The van der Waals surface area contributed by atoms with E-state index in [1.165, 1.54) is 16.7 Å².